The predicted molar refractivity (Wildman–Crippen MR) is 82.2 cm³/mol. The van der Waals surface area contributed by atoms with Gasteiger partial charge in [0.05, 0.1) is 0 Å². The van der Waals surface area contributed by atoms with E-state index in [2.05, 4.69) is 24.5 Å². The maximum Gasteiger partial charge on any atom is 0.315 e. The van der Waals surface area contributed by atoms with Gasteiger partial charge >= 0.3 is 6.03 Å². The van der Waals surface area contributed by atoms with Gasteiger partial charge in [0.25, 0.3) is 0 Å². The predicted octanol–water partition coefficient (Wildman–Crippen LogP) is 2.69. The number of benzene rings is 1. The summed E-state index contributed by atoms with van der Waals surface area (Å²) >= 11 is 5.99. The van der Waals surface area contributed by atoms with Crippen LogP contribution in [0.25, 0.3) is 0 Å². The van der Waals surface area contributed by atoms with E-state index in [1.54, 1.807) is 0 Å². The second kappa shape index (κ2) is 7.50. The molecule has 4 nitrogen and oxygen atoms in total. The first-order valence-electron chi connectivity index (χ1n) is 6.76. The number of carbonyl (C=O) groups excluding carboxylic acids is 1. The van der Waals surface area contributed by atoms with Crippen LogP contribution in [0, 0.1) is 0 Å². The number of urea groups is 1. The van der Waals surface area contributed by atoms with Crippen LogP contribution in [0.4, 0.5) is 4.79 Å². The third-order valence-electron chi connectivity index (χ3n) is 3.24. The zero-order valence-corrected chi connectivity index (χ0v) is 13.0. The summed E-state index contributed by atoms with van der Waals surface area (Å²) in [4.78, 5) is 11.7. The zero-order chi connectivity index (χ0) is 15.2. The lowest BCUT2D eigenvalue weighted by atomic mass is 9.85. The van der Waals surface area contributed by atoms with Gasteiger partial charge in [-0.15, -0.1) is 0 Å². The second-order valence-corrected chi connectivity index (χ2v) is 6.07. The van der Waals surface area contributed by atoms with Crippen molar-refractivity contribution in [1.29, 1.82) is 0 Å². The number of halogens is 1. The van der Waals surface area contributed by atoms with Crippen LogP contribution in [0.1, 0.15) is 32.8 Å². The highest BCUT2D eigenvalue weighted by Gasteiger charge is 2.21. The van der Waals surface area contributed by atoms with E-state index >= 15 is 0 Å². The molecule has 0 radical (unpaired) electrons. The minimum atomic E-state index is -0.221. The van der Waals surface area contributed by atoms with E-state index in [1.165, 1.54) is 0 Å². The van der Waals surface area contributed by atoms with E-state index < -0.39 is 0 Å². The van der Waals surface area contributed by atoms with E-state index in [-0.39, 0.29) is 24.1 Å². The molecule has 2 amide bonds. The largest absolute Gasteiger partial charge is 0.396 e. The van der Waals surface area contributed by atoms with Crippen LogP contribution in [0.2, 0.25) is 5.02 Å². The first-order valence-corrected chi connectivity index (χ1v) is 7.14. The number of carbonyl (C=O) groups is 1. The molecular formula is C15H23ClN2O2. The van der Waals surface area contributed by atoms with Crippen molar-refractivity contribution in [3.63, 3.8) is 0 Å². The third kappa shape index (κ3) is 5.39. The van der Waals surface area contributed by atoms with E-state index in [0.717, 1.165) is 5.56 Å². The number of aliphatic hydroxyl groups is 1. The number of hydrogen-bond acceptors (Lipinski definition) is 2. The van der Waals surface area contributed by atoms with E-state index in [0.29, 0.717) is 18.0 Å². The average molecular weight is 299 g/mol. The molecule has 1 aromatic rings. The molecule has 1 rings (SSSR count). The zero-order valence-electron chi connectivity index (χ0n) is 12.2. The molecule has 0 spiro atoms. The van der Waals surface area contributed by atoms with E-state index in [1.807, 2.05) is 31.2 Å². The molecule has 1 aromatic carbocycles. The Morgan fingerprint density at radius 1 is 1.45 bits per heavy atom. The highest BCUT2D eigenvalue weighted by molar-refractivity contribution is 6.30. The molecule has 0 aromatic heterocycles. The Morgan fingerprint density at radius 2 is 2.15 bits per heavy atom. The Hall–Kier alpha value is -1.26. The summed E-state index contributed by atoms with van der Waals surface area (Å²) in [6.07, 6.45) is 0.547. The molecule has 0 saturated carbocycles. The fourth-order valence-corrected chi connectivity index (χ4v) is 2.04. The molecule has 0 unspecified atom stereocenters. The summed E-state index contributed by atoms with van der Waals surface area (Å²) in [5, 5.41) is 15.1. The number of hydrogen-bond donors (Lipinski definition) is 3. The van der Waals surface area contributed by atoms with Gasteiger partial charge in [-0.1, -0.05) is 37.6 Å². The van der Waals surface area contributed by atoms with E-state index in [4.69, 9.17) is 16.7 Å². The van der Waals surface area contributed by atoms with Crippen molar-refractivity contribution >= 4 is 17.6 Å². The van der Waals surface area contributed by atoms with Gasteiger partial charge in [-0.25, -0.2) is 4.79 Å². The van der Waals surface area contributed by atoms with Crippen LogP contribution in [-0.4, -0.2) is 30.3 Å². The average Bonchev–Trinajstić information content (AvgIpc) is 2.37. The molecule has 1 atom stereocenters. The molecule has 0 fully saturated rings. The molecule has 0 aliphatic rings. The maximum atomic E-state index is 11.7. The standard InChI is InChI=1S/C15H23ClN2O2/c1-11(7-8-19)18-14(20)17-10-15(2,3)12-5-4-6-13(16)9-12/h4-6,9,11,19H,7-8,10H2,1-3H3,(H2,17,18,20)/t11-/m1/s1. The lowest BCUT2D eigenvalue weighted by molar-refractivity contribution is 0.229. The normalized spacial score (nSPS) is 12.8. The number of rotatable bonds is 6. The molecule has 0 heterocycles. The van der Waals surface area contributed by atoms with Crippen LogP contribution in [-0.2, 0) is 5.41 Å². The summed E-state index contributed by atoms with van der Waals surface area (Å²) in [7, 11) is 0. The van der Waals surface area contributed by atoms with Gasteiger partial charge in [-0.05, 0) is 31.0 Å². The van der Waals surface area contributed by atoms with Gasteiger partial charge in [-0.2, -0.15) is 0 Å². The third-order valence-corrected chi connectivity index (χ3v) is 3.47. The van der Waals surface area contributed by atoms with Crippen molar-refractivity contribution in [3.05, 3.63) is 34.9 Å². The van der Waals surface area contributed by atoms with Gasteiger partial charge in [0.2, 0.25) is 0 Å². The molecule has 0 aliphatic carbocycles. The topological polar surface area (TPSA) is 61.4 Å². The summed E-state index contributed by atoms with van der Waals surface area (Å²) < 4.78 is 0. The molecule has 0 aliphatic heterocycles. The lowest BCUT2D eigenvalue weighted by Crippen LogP contribution is -2.45. The Bertz CT molecular complexity index is 449. The monoisotopic (exact) mass is 298 g/mol. The van der Waals surface area contributed by atoms with Crippen LogP contribution in [0.3, 0.4) is 0 Å². The minimum Gasteiger partial charge on any atom is -0.396 e. The minimum absolute atomic E-state index is 0.0470. The van der Waals surface area contributed by atoms with Gasteiger partial charge < -0.3 is 15.7 Å². The van der Waals surface area contributed by atoms with Crippen molar-refractivity contribution in [2.24, 2.45) is 0 Å². The summed E-state index contributed by atoms with van der Waals surface area (Å²) in [5.74, 6) is 0. The van der Waals surface area contributed by atoms with Crippen LogP contribution in [0.5, 0.6) is 0 Å². The van der Waals surface area contributed by atoms with E-state index in [9.17, 15) is 4.79 Å². The van der Waals surface area contributed by atoms with Gasteiger partial charge in [-0.3, -0.25) is 0 Å². The smallest absolute Gasteiger partial charge is 0.315 e. The Balaban J connectivity index is 2.53. The van der Waals surface area contributed by atoms with Gasteiger partial charge in [0.1, 0.15) is 0 Å². The maximum absolute atomic E-state index is 11.7. The number of nitrogens with one attached hydrogen (secondary N) is 2. The fraction of sp³-hybridized carbons (Fsp3) is 0.533. The van der Waals surface area contributed by atoms with Crippen molar-refractivity contribution in [3.8, 4) is 0 Å². The molecule has 112 valence electrons. The molecular weight excluding hydrogens is 276 g/mol. The SMILES string of the molecule is C[C@H](CCO)NC(=O)NCC(C)(C)c1cccc(Cl)c1. The van der Waals surface area contributed by atoms with Crippen LogP contribution in [0.15, 0.2) is 24.3 Å². The molecule has 20 heavy (non-hydrogen) atoms. The van der Waals surface area contributed by atoms with Crippen molar-refractivity contribution in [2.75, 3.05) is 13.2 Å². The van der Waals surface area contributed by atoms with Crippen molar-refractivity contribution < 1.29 is 9.90 Å². The quantitative estimate of drug-likeness (QED) is 0.756. The van der Waals surface area contributed by atoms with Crippen LogP contribution < -0.4 is 10.6 Å². The highest BCUT2D eigenvalue weighted by Crippen LogP contribution is 2.24. The Morgan fingerprint density at radius 3 is 2.75 bits per heavy atom. The summed E-state index contributed by atoms with van der Waals surface area (Å²) in [5.41, 5.74) is 0.872. The first kappa shape index (κ1) is 16.8. The van der Waals surface area contributed by atoms with Gasteiger partial charge in [0.15, 0.2) is 0 Å². The number of aliphatic hydroxyl groups excluding tert-OH is 1. The molecule has 5 heteroatoms. The summed E-state index contributed by atoms with van der Waals surface area (Å²) in [6.45, 7) is 6.53. The lowest BCUT2D eigenvalue weighted by Gasteiger charge is -2.26. The summed E-state index contributed by atoms with van der Waals surface area (Å²) in [6, 6.07) is 7.38. The van der Waals surface area contributed by atoms with Crippen molar-refractivity contribution in [2.45, 2.75) is 38.6 Å². The van der Waals surface area contributed by atoms with Crippen LogP contribution >= 0.6 is 11.6 Å². The second-order valence-electron chi connectivity index (χ2n) is 5.63. The van der Waals surface area contributed by atoms with Crippen molar-refractivity contribution in [1.82, 2.24) is 10.6 Å². The van der Waals surface area contributed by atoms with Gasteiger partial charge in [0, 0.05) is 29.6 Å². The molecule has 0 saturated heterocycles. The molecule has 0 bridgehead atoms. The Kier molecular flexibility index (Phi) is 6.30. The Labute approximate surface area is 125 Å². The fourth-order valence-electron chi connectivity index (χ4n) is 1.85. The highest BCUT2D eigenvalue weighted by atomic mass is 35.5. The molecule has 3 N–H and O–H groups in total. The number of amides is 2. The first-order chi connectivity index (χ1) is 9.35.